The van der Waals surface area contributed by atoms with Crippen molar-refractivity contribution in [2.75, 3.05) is 17.7 Å². The SMILES string of the molecule is COC(=O)C1CCC(Oc2ccc(NC(=O)c3nnc(Nc4cccc(Cl)c4)o3)cn2)CC1. The van der Waals surface area contributed by atoms with Crippen molar-refractivity contribution >= 4 is 40.9 Å². The quantitative estimate of drug-likeness (QED) is 0.486. The third kappa shape index (κ3) is 5.98. The van der Waals surface area contributed by atoms with Gasteiger partial charge in [-0.05, 0) is 49.9 Å². The summed E-state index contributed by atoms with van der Waals surface area (Å²) in [5.74, 6) is -0.563. The van der Waals surface area contributed by atoms with Crippen LogP contribution in [0.4, 0.5) is 17.4 Å². The van der Waals surface area contributed by atoms with Gasteiger partial charge in [-0.1, -0.05) is 22.8 Å². The Morgan fingerprint density at radius 1 is 1.09 bits per heavy atom. The number of aromatic nitrogens is 3. The molecule has 33 heavy (non-hydrogen) atoms. The molecule has 4 rings (SSSR count). The molecule has 10 nitrogen and oxygen atoms in total. The van der Waals surface area contributed by atoms with Gasteiger partial charge in [-0.2, -0.15) is 0 Å². The minimum absolute atomic E-state index is 0.0114. The number of pyridine rings is 1. The second-order valence-electron chi connectivity index (χ2n) is 7.50. The topological polar surface area (TPSA) is 128 Å². The van der Waals surface area contributed by atoms with Gasteiger partial charge in [0.05, 0.1) is 24.9 Å². The lowest BCUT2D eigenvalue weighted by Crippen LogP contribution is -2.28. The smallest absolute Gasteiger partial charge is 0.320 e. The van der Waals surface area contributed by atoms with Crippen LogP contribution in [0.5, 0.6) is 5.88 Å². The number of methoxy groups -OCH3 is 1. The zero-order chi connectivity index (χ0) is 23.2. The fourth-order valence-electron chi connectivity index (χ4n) is 3.52. The van der Waals surface area contributed by atoms with Gasteiger partial charge in [0.2, 0.25) is 5.88 Å². The molecule has 0 aliphatic heterocycles. The van der Waals surface area contributed by atoms with Gasteiger partial charge in [-0.15, -0.1) is 5.10 Å². The van der Waals surface area contributed by atoms with E-state index < -0.39 is 5.91 Å². The third-order valence-electron chi connectivity index (χ3n) is 5.19. The number of esters is 1. The fourth-order valence-corrected chi connectivity index (χ4v) is 3.71. The van der Waals surface area contributed by atoms with Crippen molar-refractivity contribution in [3.63, 3.8) is 0 Å². The van der Waals surface area contributed by atoms with E-state index in [0.717, 1.165) is 25.7 Å². The van der Waals surface area contributed by atoms with Crippen molar-refractivity contribution in [1.82, 2.24) is 15.2 Å². The summed E-state index contributed by atoms with van der Waals surface area (Å²) < 4.78 is 16.1. The number of carbonyl (C=O) groups is 2. The summed E-state index contributed by atoms with van der Waals surface area (Å²) in [5, 5.41) is 13.6. The van der Waals surface area contributed by atoms with Gasteiger partial charge in [0.15, 0.2) is 0 Å². The van der Waals surface area contributed by atoms with Crippen LogP contribution in [0.15, 0.2) is 47.0 Å². The van der Waals surface area contributed by atoms with Crippen molar-refractivity contribution < 1.29 is 23.5 Å². The van der Waals surface area contributed by atoms with Crippen molar-refractivity contribution in [2.45, 2.75) is 31.8 Å². The summed E-state index contributed by atoms with van der Waals surface area (Å²) in [6, 6.07) is 10.4. The number of carbonyl (C=O) groups excluding carboxylic acids is 2. The molecule has 0 radical (unpaired) electrons. The molecule has 0 bridgehead atoms. The summed E-state index contributed by atoms with van der Waals surface area (Å²) >= 11 is 5.94. The summed E-state index contributed by atoms with van der Waals surface area (Å²) in [6.45, 7) is 0. The summed E-state index contributed by atoms with van der Waals surface area (Å²) in [5.41, 5.74) is 1.10. The normalized spacial score (nSPS) is 17.8. The first-order valence-electron chi connectivity index (χ1n) is 10.4. The van der Waals surface area contributed by atoms with Crippen molar-refractivity contribution in [1.29, 1.82) is 0 Å². The number of nitrogens with one attached hydrogen (secondary N) is 2. The molecule has 0 unspecified atom stereocenters. The molecule has 2 heterocycles. The Kier molecular flexibility index (Phi) is 7.04. The third-order valence-corrected chi connectivity index (χ3v) is 5.42. The van der Waals surface area contributed by atoms with Crippen LogP contribution in [-0.2, 0) is 9.53 Å². The van der Waals surface area contributed by atoms with Crippen LogP contribution in [0.3, 0.4) is 0 Å². The average Bonchev–Trinajstić information content (AvgIpc) is 3.29. The maximum absolute atomic E-state index is 12.4. The molecular formula is C22H22ClN5O5. The van der Waals surface area contributed by atoms with E-state index in [1.54, 1.807) is 36.4 Å². The molecule has 1 amide bonds. The van der Waals surface area contributed by atoms with Gasteiger partial charge < -0.3 is 24.5 Å². The lowest BCUT2D eigenvalue weighted by molar-refractivity contribution is -0.147. The van der Waals surface area contributed by atoms with Crippen LogP contribution in [0, 0.1) is 5.92 Å². The van der Waals surface area contributed by atoms with E-state index in [-0.39, 0.29) is 29.9 Å². The van der Waals surface area contributed by atoms with E-state index >= 15 is 0 Å². The van der Waals surface area contributed by atoms with Gasteiger partial charge in [0, 0.05) is 16.8 Å². The van der Waals surface area contributed by atoms with E-state index in [9.17, 15) is 9.59 Å². The van der Waals surface area contributed by atoms with Crippen molar-refractivity contribution in [2.24, 2.45) is 5.92 Å². The Balaban J connectivity index is 1.28. The number of hydrogen-bond acceptors (Lipinski definition) is 9. The Hall–Kier alpha value is -3.66. The second-order valence-corrected chi connectivity index (χ2v) is 7.94. The van der Waals surface area contributed by atoms with E-state index in [2.05, 4.69) is 25.8 Å². The number of rotatable bonds is 7. The number of hydrogen-bond donors (Lipinski definition) is 2. The molecule has 11 heteroatoms. The van der Waals surface area contributed by atoms with Crippen LogP contribution in [0.2, 0.25) is 5.02 Å². The number of amides is 1. The Morgan fingerprint density at radius 3 is 2.61 bits per heavy atom. The molecule has 1 aliphatic rings. The van der Waals surface area contributed by atoms with Crippen LogP contribution in [-0.4, -0.2) is 40.3 Å². The molecule has 1 aromatic carbocycles. The highest BCUT2D eigenvalue weighted by Crippen LogP contribution is 2.28. The lowest BCUT2D eigenvalue weighted by Gasteiger charge is -2.27. The Labute approximate surface area is 194 Å². The van der Waals surface area contributed by atoms with E-state index in [1.165, 1.54) is 13.3 Å². The fraction of sp³-hybridized carbons (Fsp3) is 0.318. The highest BCUT2D eigenvalue weighted by Gasteiger charge is 2.28. The van der Waals surface area contributed by atoms with Gasteiger partial charge in [0.1, 0.15) is 6.10 Å². The van der Waals surface area contributed by atoms with Crippen LogP contribution < -0.4 is 15.4 Å². The van der Waals surface area contributed by atoms with E-state index in [4.69, 9.17) is 25.5 Å². The monoisotopic (exact) mass is 471 g/mol. The molecule has 0 spiro atoms. The predicted molar refractivity (Wildman–Crippen MR) is 120 cm³/mol. The summed E-state index contributed by atoms with van der Waals surface area (Å²) in [7, 11) is 1.41. The number of anilines is 3. The summed E-state index contributed by atoms with van der Waals surface area (Å²) in [6.07, 6.45) is 4.43. The molecule has 1 aliphatic carbocycles. The highest BCUT2D eigenvalue weighted by atomic mass is 35.5. The number of ether oxygens (including phenoxy) is 2. The Bertz CT molecular complexity index is 1110. The Morgan fingerprint density at radius 2 is 1.91 bits per heavy atom. The van der Waals surface area contributed by atoms with Crippen molar-refractivity contribution in [3.8, 4) is 5.88 Å². The maximum Gasteiger partial charge on any atom is 0.320 e. The summed E-state index contributed by atoms with van der Waals surface area (Å²) in [4.78, 5) is 28.3. The predicted octanol–water partition coefficient (Wildman–Crippen LogP) is 4.22. The maximum atomic E-state index is 12.4. The highest BCUT2D eigenvalue weighted by molar-refractivity contribution is 6.30. The molecule has 1 saturated carbocycles. The molecule has 0 atom stereocenters. The molecule has 1 fully saturated rings. The van der Waals surface area contributed by atoms with E-state index in [1.807, 2.05) is 0 Å². The van der Waals surface area contributed by atoms with Crippen LogP contribution in [0.1, 0.15) is 36.4 Å². The molecular weight excluding hydrogens is 450 g/mol. The molecule has 0 saturated heterocycles. The van der Waals surface area contributed by atoms with Gasteiger partial charge in [-0.3, -0.25) is 9.59 Å². The van der Waals surface area contributed by atoms with Gasteiger partial charge >= 0.3 is 23.8 Å². The van der Waals surface area contributed by atoms with Gasteiger partial charge in [-0.25, -0.2) is 4.98 Å². The number of halogens is 1. The van der Waals surface area contributed by atoms with Crippen molar-refractivity contribution in [3.05, 3.63) is 53.5 Å². The first kappa shape index (κ1) is 22.5. The average molecular weight is 472 g/mol. The molecule has 2 aromatic heterocycles. The minimum atomic E-state index is -0.571. The second kappa shape index (κ2) is 10.3. The standard InChI is InChI=1S/C22H22ClN5O5/c1-31-21(30)13-5-8-17(9-6-13)32-18-10-7-16(12-24-18)25-19(29)20-27-28-22(33-20)26-15-4-2-3-14(23)11-15/h2-4,7,10-13,17H,5-6,8-9H2,1H3,(H,25,29)(H,26,28). The largest absolute Gasteiger partial charge is 0.474 e. The molecule has 172 valence electrons. The van der Waals surface area contributed by atoms with Crippen LogP contribution in [0.25, 0.3) is 0 Å². The molecule has 3 aromatic rings. The zero-order valence-electron chi connectivity index (χ0n) is 17.8. The number of nitrogens with zero attached hydrogens (tertiary/aromatic N) is 3. The van der Waals surface area contributed by atoms with E-state index in [0.29, 0.717) is 22.3 Å². The number of benzene rings is 1. The minimum Gasteiger partial charge on any atom is -0.474 e. The lowest BCUT2D eigenvalue weighted by atomic mass is 9.87. The van der Waals surface area contributed by atoms with Crippen LogP contribution >= 0.6 is 11.6 Å². The first-order valence-corrected chi connectivity index (χ1v) is 10.8. The van der Waals surface area contributed by atoms with Gasteiger partial charge in [0.25, 0.3) is 0 Å². The zero-order valence-corrected chi connectivity index (χ0v) is 18.5. The first-order chi connectivity index (χ1) is 16.0. The molecule has 2 N–H and O–H groups in total.